The fourth-order valence-corrected chi connectivity index (χ4v) is 12.0. The lowest BCUT2D eigenvalue weighted by atomic mass is 9.88. The Morgan fingerprint density at radius 3 is 2.43 bits per heavy atom. The lowest BCUT2D eigenvalue weighted by molar-refractivity contribution is -0.142. The molecule has 0 radical (unpaired) electrons. The second-order valence-electron chi connectivity index (χ2n) is 21.6. The summed E-state index contributed by atoms with van der Waals surface area (Å²) in [7, 11) is 1.90. The zero-order valence-electron chi connectivity index (χ0n) is 45.3. The number of likely N-dealkylation sites (tertiary alicyclic amines) is 1. The van der Waals surface area contributed by atoms with Gasteiger partial charge in [0.15, 0.2) is 5.75 Å². The number of likely N-dealkylation sites (N-methyl/N-ethyl adjacent to an activating group) is 1. The summed E-state index contributed by atoms with van der Waals surface area (Å²) in [6.07, 6.45) is -0.794. The van der Waals surface area contributed by atoms with E-state index in [0.717, 1.165) is 53.1 Å². The number of hydrogen-bond donors (Lipinski definition) is 5. The van der Waals surface area contributed by atoms with Gasteiger partial charge in [-0.1, -0.05) is 67.6 Å². The summed E-state index contributed by atoms with van der Waals surface area (Å²) in [5, 5.41) is 44.9. The Bertz CT molecular complexity index is 3600. The van der Waals surface area contributed by atoms with E-state index in [1.807, 2.05) is 87.3 Å². The number of H-pyrrole nitrogens is 1. The second-order valence-corrected chi connectivity index (χ2v) is 22.5. The number of amides is 2. The van der Waals surface area contributed by atoms with Gasteiger partial charge in [0, 0.05) is 60.1 Å². The minimum absolute atomic E-state index is 0.0102. The van der Waals surface area contributed by atoms with Gasteiger partial charge in [0.25, 0.3) is 0 Å². The first-order valence-electron chi connectivity index (χ1n) is 27.1. The third-order valence-corrected chi connectivity index (χ3v) is 16.7. The Morgan fingerprint density at radius 1 is 0.988 bits per heavy atom. The Kier molecular flexibility index (Phi) is 15.5. The van der Waals surface area contributed by atoms with Crippen molar-refractivity contribution in [2.45, 2.75) is 109 Å². The van der Waals surface area contributed by atoms with Crippen molar-refractivity contribution in [1.29, 1.82) is 0 Å². The van der Waals surface area contributed by atoms with Crippen molar-refractivity contribution in [3.63, 3.8) is 0 Å². The van der Waals surface area contributed by atoms with Crippen LogP contribution in [0, 0.1) is 25.6 Å². The Hall–Kier alpha value is -7.60. The molecule has 0 spiro atoms. The average molecular weight is 1130 g/mol. The molecular weight excluding hydrogens is 1070 g/mol. The van der Waals surface area contributed by atoms with Gasteiger partial charge >= 0.3 is 12.2 Å². The minimum Gasteiger partial charge on any atom is -0.486 e. The van der Waals surface area contributed by atoms with Gasteiger partial charge in [-0.25, -0.2) is 14.1 Å². The minimum atomic E-state index is -4.48. The molecule has 5 N–H and O–H groups in total. The number of rotatable bonds is 19. The Labute approximate surface area is 467 Å². The van der Waals surface area contributed by atoms with Gasteiger partial charge in [0.05, 0.1) is 59.2 Å². The van der Waals surface area contributed by atoms with E-state index in [1.54, 1.807) is 24.8 Å². The predicted octanol–water partition coefficient (Wildman–Crippen LogP) is 8.91. The number of aryl methyl sites for hydroxylation is 1. The number of nitrogens with one attached hydrogen (secondary N) is 3. The molecule has 2 aliphatic heterocycles. The summed E-state index contributed by atoms with van der Waals surface area (Å²) in [4.78, 5) is 46.9. The van der Waals surface area contributed by atoms with Crippen molar-refractivity contribution < 1.29 is 46.8 Å². The zero-order valence-corrected chi connectivity index (χ0v) is 46.1. The summed E-state index contributed by atoms with van der Waals surface area (Å²) in [5.74, 6) is -0.866. The molecule has 424 valence electrons. The maximum Gasteiger partial charge on any atom is 0.392 e. The van der Waals surface area contributed by atoms with Crippen LogP contribution in [-0.2, 0) is 16.2 Å². The number of β-amino-alcohol motifs (C(OH)–C–C–N with tert-alkyl or cyclic N) is 1. The van der Waals surface area contributed by atoms with Gasteiger partial charge in [0.2, 0.25) is 11.8 Å². The first-order valence-corrected chi connectivity index (χ1v) is 28.0. The number of ether oxygens (including phenoxy) is 2. The number of anilines is 1. The molecule has 6 heterocycles. The SMILES string of the molecule is Cc1ncsc1-c1ccc([C@H](CO)NC(=O)[C@@H]2C[C@@H](O)CN2C(=O)[C@H](C(C)C)n2cc(-c3ccc(COc4c(-c5c(C)c(F)cc6[nH]ncc56)c(C5CC5)cc5c(N(C)[C@H]6CCNC6)nc(OCCC(F)(F)F)nc45)cc3)nn2)cc1. The van der Waals surface area contributed by atoms with E-state index in [2.05, 4.69) is 36.1 Å². The number of aromatic nitrogens is 8. The van der Waals surface area contributed by atoms with Gasteiger partial charge < -0.3 is 40.1 Å². The van der Waals surface area contributed by atoms with Crippen LogP contribution >= 0.6 is 11.3 Å². The molecule has 4 aromatic heterocycles. The number of benzene rings is 4. The number of hydrogen-bond acceptors (Lipinski definition) is 15. The highest BCUT2D eigenvalue weighted by Crippen LogP contribution is 2.53. The number of carbonyl (C=O) groups is 2. The second kappa shape index (κ2) is 22.7. The molecule has 0 unspecified atom stereocenters. The summed E-state index contributed by atoms with van der Waals surface area (Å²) in [5.41, 5.74) is 9.33. The zero-order chi connectivity index (χ0) is 56.9. The largest absolute Gasteiger partial charge is 0.486 e. The molecule has 0 bridgehead atoms. The molecule has 5 atom stereocenters. The number of thiazole rings is 1. The number of halogens is 4. The average Bonchev–Trinajstić information content (AvgIpc) is 4.22. The van der Waals surface area contributed by atoms with Crippen LogP contribution < -0.4 is 25.0 Å². The van der Waals surface area contributed by atoms with Crippen LogP contribution in [0.25, 0.3) is 54.6 Å². The molecule has 8 aromatic rings. The Morgan fingerprint density at radius 2 is 1.75 bits per heavy atom. The maximum atomic E-state index is 16.0. The van der Waals surface area contributed by atoms with Crippen LogP contribution in [0.15, 0.2) is 78.6 Å². The highest BCUT2D eigenvalue weighted by molar-refractivity contribution is 7.13. The highest BCUT2D eigenvalue weighted by Gasteiger charge is 2.43. The molecule has 4 aromatic carbocycles. The van der Waals surface area contributed by atoms with Gasteiger partial charge in [-0.15, -0.1) is 16.4 Å². The summed E-state index contributed by atoms with van der Waals surface area (Å²) in [6.45, 7) is 7.61. The maximum absolute atomic E-state index is 16.0. The smallest absolute Gasteiger partial charge is 0.392 e. The molecule has 3 fully saturated rings. The van der Waals surface area contributed by atoms with Crippen LogP contribution in [0.1, 0.15) is 91.9 Å². The first kappa shape index (κ1) is 55.3. The number of aromatic amines is 1. The van der Waals surface area contributed by atoms with E-state index in [9.17, 15) is 33.0 Å². The van der Waals surface area contributed by atoms with E-state index >= 15 is 4.39 Å². The molecule has 81 heavy (non-hydrogen) atoms. The van der Waals surface area contributed by atoms with E-state index < -0.39 is 61.1 Å². The van der Waals surface area contributed by atoms with Crippen LogP contribution in [0.5, 0.6) is 11.8 Å². The van der Waals surface area contributed by atoms with E-state index in [0.29, 0.717) is 62.2 Å². The van der Waals surface area contributed by atoms with Gasteiger partial charge in [-0.2, -0.15) is 28.2 Å². The van der Waals surface area contributed by atoms with Crippen LogP contribution in [0.2, 0.25) is 0 Å². The third kappa shape index (κ3) is 11.4. The van der Waals surface area contributed by atoms with Crippen LogP contribution in [-0.4, -0.2) is 131 Å². The number of aliphatic hydroxyl groups excluding tert-OH is 2. The molecule has 1 aliphatic carbocycles. The monoisotopic (exact) mass is 1130 g/mol. The van der Waals surface area contributed by atoms with Crippen molar-refractivity contribution >= 4 is 50.8 Å². The molecule has 2 amide bonds. The van der Waals surface area contributed by atoms with Crippen molar-refractivity contribution in [1.82, 2.24) is 55.7 Å². The molecule has 3 aliphatic rings. The fourth-order valence-electron chi connectivity index (χ4n) is 11.2. The predicted molar refractivity (Wildman–Crippen MR) is 297 cm³/mol. The van der Waals surface area contributed by atoms with Crippen molar-refractivity contribution in [2.24, 2.45) is 5.92 Å². The number of fused-ring (bicyclic) bond motifs is 2. The lowest BCUT2D eigenvalue weighted by Gasteiger charge is -2.30. The molecule has 18 nitrogen and oxygen atoms in total. The van der Waals surface area contributed by atoms with Crippen LogP contribution in [0.3, 0.4) is 0 Å². The quantitative estimate of drug-likeness (QED) is 0.0478. The molecule has 2 saturated heterocycles. The summed E-state index contributed by atoms with van der Waals surface area (Å²) < 4.78 is 70.6. The van der Waals surface area contributed by atoms with Crippen molar-refractivity contribution in [3.05, 3.63) is 112 Å². The number of alkyl halides is 3. The molecule has 23 heteroatoms. The standard InChI is InChI=1S/C58H62F4N12O6S/c1-30(2)51(56(78)73-25-39(76)20-47(73)55(77)66-46(27-75)36-12-14-37(15-13-36)53-32(4)64-29-81-53)74-26-45(70-71-74)35-8-6-33(7-9-35)28-80-52-49(48-31(3)43(59)22-44-42(48)24-65-69-44)40(34-10-11-34)21-41-50(52)67-57(79-19-17-58(60,61)62)68-54(41)72(5)38-16-18-63-23-38/h6-9,12-15,21-22,24,26,29-30,34,38-39,46-47,51,63,75-76H,10-11,16-20,23,25,27-28H2,1-5H3,(H,65,69)(H,66,77)/t38-,39+,46-,47-,51-/m0/s1. The van der Waals surface area contributed by atoms with Crippen molar-refractivity contribution in [3.8, 4) is 44.6 Å². The first-order chi connectivity index (χ1) is 38.9. The van der Waals surface area contributed by atoms with E-state index in [1.165, 1.54) is 27.0 Å². The molecule has 11 rings (SSSR count). The molecule has 1 saturated carbocycles. The summed E-state index contributed by atoms with van der Waals surface area (Å²) in [6, 6.07) is 15.4. The number of carbonyl (C=O) groups excluding carboxylic acids is 2. The fraction of sp³-hybridized carbons (Fsp3) is 0.414. The van der Waals surface area contributed by atoms with Gasteiger partial charge in [0.1, 0.15) is 48.1 Å². The highest BCUT2D eigenvalue weighted by atomic mass is 32.1. The van der Waals surface area contributed by atoms with Crippen molar-refractivity contribution in [2.75, 3.05) is 44.8 Å². The van der Waals surface area contributed by atoms with E-state index in [-0.39, 0.29) is 61.3 Å². The van der Waals surface area contributed by atoms with Gasteiger partial charge in [-0.3, -0.25) is 14.7 Å². The topological polar surface area (TPSA) is 222 Å². The third-order valence-electron chi connectivity index (χ3n) is 15.7. The lowest BCUT2D eigenvalue weighted by Crippen LogP contribution is -2.50. The normalized spacial score (nSPS) is 18.3. The van der Waals surface area contributed by atoms with Gasteiger partial charge in [-0.05, 0) is 91.4 Å². The molecular formula is C58H62F4N12O6S. The summed E-state index contributed by atoms with van der Waals surface area (Å²) >= 11 is 1.52. The van der Waals surface area contributed by atoms with Crippen LogP contribution in [0.4, 0.5) is 23.4 Å². The Balaban J connectivity index is 0.873. The number of nitrogens with zero attached hydrogens (tertiary/aromatic N) is 9. The number of aliphatic hydroxyl groups is 2. The van der Waals surface area contributed by atoms with E-state index in [4.69, 9.17) is 19.4 Å².